The number of likely N-dealkylation sites (N-methyl/N-ethyl adjacent to an activating group) is 1. The van der Waals surface area contributed by atoms with Gasteiger partial charge in [-0.1, -0.05) is 26.8 Å². The lowest BCUT2D eigenvalue weighted by Gasteiger charge is -2.31. The highest BCUT2D eigenvalue weighted by atomic mass is 32.1. The quantitative estimate of drug-likeness (QED) is 0.852. The van der Waals surface area contributed by atoms with Gasteiger partial charge < -0.3 is 4.90 Å². The zero-order valence-corrected chi connectivity index (χ0v) is 16.3. The van der Waals surface area contributed by atoms with Crippen LogP contribution in [0.25, 0.3) is 16.3 Å². The first-order valence-corrected chi connectivity index (χ1v) is 9.56. The van der Waals surface area contributed by atoms with Crippen LogP contribution in [-0.2, 0) is 5.41 Å². The lowest BCUT2D eigenvalue weighted by atomic mass is 9.91. The van der Waals surface area contributed by atoms with Crippen LogP contribution in [-0.4, -0.2) is 59.5 Å². The minimum atomic E-state index is 0.0263. The minimum Gasteiger partial charge on any atom is -0.304 e. The normalized spacial score (nSPS) is 18.0. The molecule has 2 aromatic heterocycles. The Kier molecular flexibility index (Phi) is 5.04. The number of piperazine rings is 1. The van der Waals surface area contributed by atoms with Crippen molar-refractivity contribution in [1.29, 1.82) is 0 Å². The summed E-state index contributed by atoms with van der Waals surface area (Å²) in [4.78, 5) is 14.5. The van der Waals surface area contributed by atoms with Crippen molar-refractivity contribution in [3.63, 3.8) is 0 Å². The van der Waals surface area contributed by atoms with Crippen LogP contribution in [0.3, 0.4) is 0 Å². The molecule has 0 aromatic carbocycles. The topological polar surface area (TPSA) is 32.3 Å². The second-order valence-corrected chi connectivity index (χ2v) is 8.66. The van der Waals surface area contributed by atoms with Crippen molar-refractivity contribution in [2.45, 2.75) is 33.1 Å². The molecule has 1 aliphatic rings. The summed E-state index contributed by atoms with van der Waals surface area (Å²) in [6.07, 6.45) is 4.30. The third-order valence-corrected chi connectivity index (χ3v) is 5.64. The van der Waals surface area contributed by atoms with Crippen molar-refractivity contribution >= 4 is 27.6 Å². The first kappa shape index (κ1) is 17.5. The van der Waals surface area contributed by atoms with Gasteiger partial charge in [-0.25, -0.2) is 9.97 Å². The van der Waals surface area contributed by atoms with Crippen LogP contribution >= 0.6 is 11.3 Å². The van der Waals surface area contributed by atoms with E-state index in [-0.39, 0.29) is 5.41 Å². The molecule has 24 heavy (non-hydrogen) atoms. The van der Waals surface area contributed by atoms with E-state index in [9.17, 15) is 0 Å². The third kappa shape index (κ3) is 3.85. The Hall–Kier alpha value is -1.30. The molecule has 1 saturated heterocycles. The Morgan fingerprint density at radius 1 is 1.17 bits per heavy atom. The molecule has 0 amide bonds. The van der Waals surface area contributed by atoms with Crippen LogP contribution in [0.4, 0.5) is 0 Å². The van der Waals surface area contributed by atoms with E-state index in [4.69, 9.17) is 9.97 Å². The third-order valence-electron chi connectivity index (χ3n) is 4.55. The highest BCUT2D eigenvalue weighted by molar-refractivity contribution is 7.17. The van der Waals surface area contributed by atoms with Crippen molar-refractivity contribution in [3.05, 3.63) is 28.5 Å². The summed E-state index contributed by atoms with van der Waals surface area (Å²) in [5.41, 5.74) is 3.54. The van der Waals surface area contributed by atoms with Gasteiger partial charge in [0.1, 0.15) is 0 Å². The molecule has 0 N–H and O–H groups in total. The predicted octanol–water partition coefficient (Wildman–Crippen LogP) is 3.56. The van der Waals surface area contributed by atoms with E-state index in [0.29, 0.717) is 0 Å². The monoisotopic (exact) mass is 344 g/mol. The van der Waals surface area contributed by atoms with Crippen molar-refractivity contribution in [3.8, 4) is 0 Å². The highest BCUT2D eigenvalue weighted by Crippen LogP contribution is 2.33. The second-order valence-electron chi connectivity index (χ2n) is 7.78. The number of hydrogen-bond donors (Lipinski definition) is 0. The minimum absolute atomic E-state index is 0.0263. The van der Waals surface area contributed by atoms with E-state index in [1.165, 1.54) is 10.3 Å². The average molecular weight is 345 g/mol. The highest BCUT2D eigenvalue weighted by Gasteiger charge is 2.22. The molecule has 0 unspecified atom stereocenters. The summed E-state index contributed by atoms with van der Waals surface area (Å²) in [7, 11) is 2.19. The van der Waals surface area contributed by atoms with Gasteiger partial charge in [0.05, 0.1) is 15.9 Å². The molecule has 0 radical (unpaired) electrons. The van der Waals surface area contributed by atoms with Gasteiger partial charge in [0.25, 0.3) is 0 Å². The molecular weight excluding hydrogens is 316 g/mol. The molecule has 4 nitrogen and oxygen atoms in total. The lowest BCUT2D eigenvalue weighted by Crippen LogP contribution is -2.44. The summed E-state index contributed by atoms with van der Waals surface area (Å²) >= 11 is 1.76. The molecule has 0 aliphatic carbocycles. The van der Waals surface area contributed by atoms with Crippen LogP contribution in [0.2, 0.25) is 0 Å². The number of aromatic nitrogens is 2. The van der Waals surface area contributed by atoms with Crippen LogP contribution in [0.5, 0.6) is 0 Å². The summed E-state index contributed by atoms with van der Waals surface area (Å²) < 4.78 is 1.23. The SMILES string of the molecule is Cc1csc2c(C(C)(C)C)nc(/C=C/CN3CCN(C)CC3)nc12. The van der Waals surface area contributed by atoms with Crippen LogP contribution in [0.1, 0.15) is 37.9 Å². The van der Waals surface area contributed by atoms with Gasteiger partial charge in [-0.3, -0.25) is 4.90 Å². The Morgan fingerprint density at radius 3 is 2.54 bits per heavy atom. The molecule has 3 rings (SSSR count). The van der Waals surface area contributed by atoms with Gasteiger partial charge >= 0.3 is 0 Å². The molecule has 0 spiro atoms. The maximum Gasteiger partial charge on any atom is 0.152 e. The smallest absolute Gasteiger partial charge is 0.152 e. The van der Waals surface area contributed by atoms with Crippen LogP contribution in [0.15, 0.2) is 11.5 Å². The van der Waals surface area contributed by atoms with Crippen LogP contribution < -0.4 is 0 Å². The number of hydrogen-bond acceptors (Lipinski definition) is 5. The van der Waals surface area contributed by atoms with Gasteiger partial charge in [0.2, 0.25) is 0 Å². The van der Waals surface area contributed by atoms with Gasteiger partial charge in [-0.05, 0) is 31.0 Å². The zero-order valence-electron chi connectivity index (χ0n) is 15.5. The Labute approximate surface area is 149 Å². The molecule has 0 bridgehead atoms. The van der Waals surface area contributed by atoms with Crippen molar-refractivity contribution in [1.82, 2.24) is 19.8 Å². The average Bonchev–Trinajstić information content (AvgIpc) is 2.89. The van der Waals surface area contributed by atoms with Gasteiger partial charge in [-0.2, -0.15) is 0 Å². The maximum atomic E-state index is 4.87. The number of aryl methyl sites for hydroxylation is 1. The van der Waals surface area contributed by atoms with Crippen molar-refractivity contribution in [2.75, 3.05) is 39.8 Å². The second kappa shape index (κ2) is 6.90. The van der Waals surface area contributed by atoms with Gasteiger partial charge in [0.15, 0.2) is 5.82 Å². The largest absolute Gasteiger partial charge is 0.304 e. The van der Waals surface area contributed by atoms with Gasteiger partial charge in [0, 0.05) is 38.1 Å². The summed E-state index contributed by atoms with van der Waals surface area (Å²) in [6.45, 7) is 14.4. The van der Waals surface area contributed by atoms with E-state index in [1.807, 2.05) is 0 Å². The Bertz CT molecular complexity index is 734. The lowest BCUT2D eigenvalue weighted by molar-refractivity contribution is 0.167. The fourth-order valence-electron chi connectivity index (χ4n) is 2.97. The molecule has 1 aliphatic heterocycles. The summed E-state index contributed by atoms with van der Waals surface area (Å²) in [6, 6.07) is 0. The maximum absolute atomic E-state index is 4.87. The fourth-order valence-corrected chi connectivity index (χ4v) is 4.16. The first-order chi connectivity index (χ1) is 11.3. The van der Waals surface area contributed by atoms with Crippen molar-refractivity contribution < 1.29 is 0 Å². The molecule has 130 valence electrons. The fraction of sp³-hybridized carbons (Fsp3) is 0.579. The van der Waals surface area contributed by atoms with E-state index in [2.05, 4.69) is 62.1 Å². The van der Waals surface area contributed by atoms with E-state index in [0.717, 1.165) is 49.8 Å². The first-order valence-electron chi connectivity index (χ1n) is 8.68. The van der Waals surface area contributed by atoms with Crippen molar-refractivity contribution in [2.24, 2.45) is 0 Å². The number of fused-ring (bicyclic) bond motifs is 1. The van der Waals surface area contributed by atoms with Gasteiger partial charge in [-0.15, -0.1) is 11.3 Å². The molecule has 3 heterocycles. The Morgan fingerprint density at radius 2 is 1.88 bits per heavy atom. The van der Waals surface area contributed by atoms with E-state index < -0.39 is 0 Å². The molecule has 0 atom stereocenters. The Balaban J connectivity index is 1.81. The van der Waals surface area contributed by atoms with E-state index in [1.54, 1.807) is 11.3 Å². The molecule has 2 aromatic rings. The summed E-state index contributed by atoms with van der Waals surface area (Å²) in [5.74, 6) is 0.836. The molecular formula is C19H28N4S. The predicted molar refractivity (Wildman–Crippen MR) is 104 cm³/mol. The molecule has 5 heteroatoms. The standard InChI is InChI=1S/C19H28N4S/c1-14-13-24-17-16(14)20-15(21-18(17)19(2,3)4)7-6-8-23-11-9-22(5)10-12-23/h6-7,13H,8-12H2,1-5H3/b7-6+. The van der Waals surface area contributed by atoms with E-state index >= 15 is 0 Å². The number of thiophene rings is 1. The zero-order chi connectivity index (χ0) is 17.3. The summed E-state index contributed by atoms with van der Waals surface area (Å²) in [5, 5.41) is 2.19. The number of nitrogens with zero attached hydrogens (tertiary/aromatic N) is 4. The number of rotatable bonds is 3. The van der Waals surface area contributed by atoms with Crippen LogP contribution in [0, 0.1) is 6.92 Å². The molecule has 1 fully saturated rings. The molecule has 0 saturated carbocycles.